The summed E-state index contributed by atoms with van der Waals surface area (Å²) < 4.78 is 0. The summed E-state index contributed by atoms with van der Waals surface area (Å²) in [5, 5.41) is 3.19. The van der Waals surface area contributed by atoms with Gasteiger partial charge in [-0.1, -0.05) is 87.0 Å². The van der Waals surface area contributed by atoms with Crippen LogP contribution in [0.3, 0.4) is 0 Å². The minimum Gasteiger partial charge on any atom is -0.367 e. The molecule has 3 aromatic carbocycles. The van der Waals surface area contributed by atoms with E-state index in [1.165, 1.54) is 6.42 Å². The first-order valence-corrected chi connectivity index (χ1v) is 13.0. The fraction of sp³-hybridized carbons (Fsp3) is 0.387. The molecule has 0 saturated carbocycles. The molecule has 3 aromatic rings. The van der Waals surface area contributed by atoms with Crippen LogP contribution in [0.1, 0.15) is 50.3 Å². The summed E-state index contributed by atoms with van der Waals surface area (Å²) in [7, 11) is 0. The standard InChI is InChI=1S/C28H31N3O2.C3H8/c1-22-10-6-7-13-25(22)28(23(2)32,24-11-4-3-5-12-24)16-17-30-18-20-31(21-19-30)27-15-9-8-14-26(27)29-33;1-3-2/h3-15H,16-21H2,1-2H3;3H2,1-2H3. The molecule has 0 bridgehead atoms. The van der Waals surface area contributed by atoms with Crippen molar-refractivity contribution >= 4 is 17.2 Å². The minimum absolute atomic E-state index is 0.174. The Hall–Kier alpha value is -3.31. The van der Waals surface area contributed by atoms with Gasteiger partial charge < -0.3 is 4.90 Å². The lowest BCUT2D eigenvalue weighted by Gasteiger charge is -2.39. The van der Waals surface area contributed by atoms with E-state index in [0.29, 0.717) is 5.69 Å². The lowest BCUT2D eigenvalue weighted by Crippen LogP contribution is -2.48. The zero-order valence-electron chi connectivity index (χ0n) is 22.1. The molecule has 1 heterocycles. The average Bonchev–Trinajstić information content (AvgIpc) is 2.91. The van der Waals surface area contributed by atoms with Crippen LogP contribution in [0, 0.1) is 11.8 Å². The summed E-state index contributed by atoms with van der Waals surface area (Å²) in [6, 6.07) is 25.9. The summed E-state index contributed by atoms with van der Waals surface area (Å²) in [4.78, 5) is 29.2. The number of benzene rings is 3. The molecule has 4 rings (SSSR count). The normalized spacial score (nSPS) is 15.4. The number of rotatable bonds is 8. The maximum absolute atomic E-state index is 13.3. The lowest BCUT2D eigenvalue weighted by atomic mass is 9.68. The Morgan fingerprint density at radius 1 is 0.861 bits per heavy atom. The van der Waals surface area contributed by atoms with E-state index in [4.69, 9.17) is 0 Å². The second kappa shape index (κ2) is 13.1. The molecule has 5 nitrogen and oxygen atoms in total. The smallest absolute Gasteiger partial charge is 0.144 e. The number of aryl methyl sites for hydroxylation is 1. The summed E-state index contributed by atoms with van der Waals surface area (Å²) in [5.41, 5.74) is 4.00. The number of carbonyl (C=O) groups is 1. The van der Waals surface area contributed by atoms with Crippen molar-refractivity contribution in [1.29, 1.82) is 0 Å². The van der Waals surface area contributed by atoms with Gasteiger partial charge in [0, 0.05) is 26.2 Å². The molecule has 0 aromatic heterocycles. The number of nitroso groups, excluding NO2 is 1. The van der Waals surface area contributed by atoms with Crippen molar-refractivity contribution in [2.45, 2.75) is 46.0 Å². The molecule has 1 aliphatic heterocycles. The Balaban J connectivity index is 0.00000115. The highest BCUT2D eigenvalue weighted by atomic mass is 16.3. The Kier molecular flexibility index (Phi) is 9.95. The van der Waals surface area contributed by atoms with E-state index >= 15 is 0 Å². The van der Waals surface area contributed by atoms with Crippen LogP contribution in [-0.4, -0.2) is 43.4 Å². The van der Waals surface area contributed by atoms with E-state index in [-0.39, 0.29) is 5.78 Å². The molecule has 0 aliphatic carbocycles. The molecule has 1 saturated heterocycles. The Bertz CT molecular complexity index is 1120. The Morgan fingerprint density at radius 3 is 2.06 bits per heavy atom. The van der Waals surface area contributed by atoms with Crippen LogP contribution < -0.4 is 4.90 Å². The molecule has 5 heteroatoms. The monoisotopic (exact) mass is 485 g/mol. The maximum atomic E-state index is 13.3. The number of carbonyl (C=O) groups excluding carboxylic acids is 1. The van der Waals surface area contributed by atoms with E-state index in [1.54, 1.807) is 13.0 Å². The van der Waals surface area contributed by atoms with Gasteiger partial charge in [0.2, 0.25) is 0 Å². The number of piperazine rings is 1. The van der Waals surface area contributed by atoms with Crippen LogP contribution in [0.5, 0.6) is 0 Å². The number of hydrogen-bond acceptors (Lipinski definition) is 5. The van der Waals surface area contributed by atoms with Gasteiger partial charge in [-0.2, -0.15) is 0 Å². The largest absolute Gasteiger partial charge is 0.367 e. The molecule has 36 heavy (non-hydrogen) atoms. The number of hydrogen-bond donors (Lipinski definition) is 0. The van der Waals surface area contributed by atoms with E-state index in [9.17, 15) is 9.70 Å². The summed E-state index contributed by atoms with van der Waals surface area (Å²) in [6.07, 6.45) is 1.98. The van der Waals surface area contributed by atoms with Crippen LogP contribution in [0.25, 0.3) is 0 Å². The van der Waals surface area contributed by atoms with Crippen molar-refractivity contribution in [3.8, 4) is 0 Å². The summed E-state index contributed by atoms with van der Waals surface area (Å²) in [6.45, 7) is 12.3. The lowest BCUT2D eigenvalue weighted by molar-refractivity contribution is -0.121. The van der Waals surface area contributed by atoms with Crippen LogP contribution in [0.2, 0.25) is 0 Å². The van der Waals surface area contributed by atoms with E-state index in [1.807, 2.05) is 48.5 Å². The first kappa shape index (κ1) is 27.3. The molecule has 0 amide bonds. The topological polar surface area (TPSA) is 53.0 Å². The van der Waals surface area contributed by atoms with Gasteiger partial charge in [-0.15, -0.1) is 4.91 Å². The molecule has 1 atom stereocenters. The summed E-state index contributed by atoms with van der Waals surface area (Å²) >= 11 is 0. The quantitative estimate of drug-likeness (QED) is 0.326. The average molecular weight is 486 g/mol. The fourth-order valence-electron chi connectivity index (χ4n) is 5.12. The predicted molar refractivity (Wildman–Crippen MR) is 150 cm³/mol. The van der Waals surface area contributed by atoms with Gasteiger partial charge in [-0.25, -0.2) is 0 Å². The molecule has 0 N–H and O–H groups in total. The molecule has 190 valence electrons. The van der Waals surface area contributed by atoms with Gasteiger partial charge in [-0.3, -0.25) is 9.69 Å². The number of nitrogens with zero attached hydrogens (tertiary/aromatic N) is 3. The number of ketones is 1. The minimum atomic E-state index is -0.669. The molecule has 1 aliphatic rings. The summed E-state index contributed by atoms with van der Waals surface area (Å²) in [5.74, 6) is 0.174. The number of anilines is 1. The maximum Gasteiger partial charge on any atom is 0.144 e. The van der Waals surface area contributed by atoms with Crippen molar-refractivity contribution in [2.24, 2.45) is 5.18 Å². The van der Waals surface area contributed by atoms with Gasteiger partial charge in [0.25, 0.3) is 0 Å². The van der Waals surface area contributed by atoms with Gasteiger partial charge in [-0.05, 0) is 60.8 Å². The first-order valence-electron chi connectivity index (χ1n) is 13.0. The van der Waals surface area contributed by atoms with Crippen molar-refractivity contribution in [1.82, 2.24) is 4.90 Å². The number of Topliss-reactive ketones (excluding diaryl/α,β-unsaturated/α-hetero) is 1. The predicted octanol–water partition coefficient (Wildman–Crippen LogP) is 6.90. The Morgan fingerprint density at radius 2 is 1.44 bits per heavy atom. The second-order valence-corrected chi connectivity index (χ2v) is 9.51. The third-order valence-electron chi connectivity index (χ3n) is 6.97. The van der Waals surface area contributed by atoms with Gasteiger partial charge in [0.15, 0.2) is 0 Å². The highest BCUT2D eigenvalue weighted by Gasteiger charge is 2.40. The van der Waals surface area contributed by atoms with E-state index in [2.05, 4.69) is 60.0 Å². The molecule has 0 radical (unpaired) electrons. The highest BCUT2D eigenvalue weighted by Crippen LogP contribution is 2.39. The van der Waals surface area contributed by atoms with Crippen LogP contribution >= 0.6 is 0 Å². The second-order valence-electron chi connectivity index (χ2n) is 9.51. The van der Waals surface area contributed by atoms with Crippen molar-refractivity contribution in [2.75, 3.05) is 37.6 Å². The Labute approximate surface area is 216 Å². The van der Waals surface area contributed by atoms with Gasteiger partial charge in [0.1, 0.15) is 11.5 Å². The van der Waals surface area contributed by atoms with Crippen LogP contribution in [0.4, 0.5) is 11.4 Å². The van der Waals surface area contributed by atoms with E-state index in [0.717, 1.165) is 61.5 Å². The van der Waals surface area contributed by atoms with Gasteiger partial charge in [0.05, 0.1) is 11.1 Å². The number of para-hydroxylation sites is 1. The van der Waals surface area contributed by atoms with E-state index < -0.39 is 5.41 Å². The SMILES string of the molecule is CC(=O)C(CCN1CCN(c2ccccc2N=O)CC1)(c1ccccc1)c1ccccc1C.CCC. The molecule has 1 fully saturated rings. The molecular weight excluding hydrogens is 446 g/mol. The van der Waals surface area contributed by atoms with Crippen molar-refractivity contribution < 1.29 is 4.79 Å². The van der Waals surface area contributed by atoms with Gasteiger partial charge >= 0.3 is 0 Å². The molecular formula is C31H39N3O2. The third-order valence-corrected chi connectivity index (χ3v) is 6.97. The zero-order valence-corrected chi connectivity index (χ0v) is 22.1. The van der Waals surface area contributed by atoms with Crippen LogP contribution in [0.15, 0.2) is 84.0 Å². The van der Waals surface area contributed by atoms with Crippen molar-refractivity contribution in [3.63, 3.8) is 0 Å². The first-order chi connectivity index (χ1) is 17.5. The zero-order chi connectivity index (χ0) is 26.0. The third kappa shape index (κ3) is 6.08. The van der Waals surface area contributed by atoms with Crippen LogP contribution in [-0.2, 0) is 10.2 Å². The highest BCUT2D eigenvalue weighted by molar-refractivity contribution is 5.92. The molecule has 1 unspecified atom stereocenters. The van der Waals surface area contributed by atoms with Crippen molar-refractivity contribution in [3.05, 3.63) is 100 Å². The molecule has 0 spiro atoms. The fourth-order valence-corrected chi connectivity index (χ4v) is 5.12.